The van der Waals surface area contributed by atoms with Gasteiger partial charge in [0.15, 0.2) is 5.82 Å². The van der Waals surface area contributed by atoms with Crippen LogP contribution in [-0.2, 0) is 0 Å². The van der Waals surface area contributed by atoms with Gasteiger partial charge in [0.05, 0.1) is 24.1 Å². The Balaban J connectivity index is 1.94. The number of nitrogens with zero attached hydrogens (tertiary/aromatic N) is 3. The normalized spacial score (nSPS) is 19.2. The summed E-state index contributed by atoms with van der Waals surface area (Å²) < 4.78 is 5.54. The van der Waals surface area contributed by atoms with E-state index >= 15 is 0 Å². The van der Waals surface area contributed by atoms with E-state index in [1.54, 1.807) is 24.6 Å². The minimum atomic E-state index is -0.412. The van der Waals surface area contributed by atoms with Crippen LogP contribution in [-0.4, -0.2) is 29.1 Å². The van der Waals surface area contributed by atoms with Crippen molar-refractivity contribution in [1.82, 2.24) is 10.2 Å². The smallest absolute Gasteiger partial charge is 0.277 e. The van der Waals surface area contributed by atoms with Crippen LogP contribution in [0.2, 0.25) is 0 Å². The first kappa shape index (κ1) is 14.7. The van der Waals surface area contributed by atoms with Crippen LogP contribution in [0.5, 0.6) is 5.75 Å². The Labute approximate surface area is 143 Å². The molecule has 4 rings (SSSR count). The van der Waals surface area contributed by atoms with E-state index < -0.39 is 6.04 Å². The summed E-state index contributed by atoms with van der Waals surface area (Å²) in [7, 11) is 1.65. The summed E-state index contributed by atoms with van der Waals surface area (Å²) in [6.07, 6.45) is 1.76. The second-order valence-electron chi connectivity index (χ2n) is 5.44. The van der Waals surface area contributed by atoms with Crippen LogP contribution in [0.25, 0.3) is 4.85 Å². The quantitative estimate of drug-likeness (QED) is 0.735. The van der Waals surface area contributed by atoms with Crippen LogP contribution in [0.15, 0.2) is 53.0 Å². The number of hydrogen-bond acceptors (Lipinski definition) is 4. The van der Waals surface area contributed by atoms with Crippen LogP contribution in [0, 0.1) is 6.57 Å². The van der Waals surface area contributed by atoms with Gasteiger partial charge in [0.2, 0.25) is 0 Å². The molecule has 2 unspecified atom stereocenters. The Morgan fingerprint density at radius 3 is 2.83 bits per heavy atom. The van der Waals surface area contributed by atoms with Crippen molar-refractivity contribution >= 4 is 22.9 Å². The second-order valence-corrected chi connectivity index (χ2v) is 6.39. The van der Waals surface area contributed by atoms with Crippen molar-refractivity contribution in [2.75, 3.05) is 7.11 Å². The van der Waals surface area contributed by atoms with Crippen molar-refractivity contribution in [1.29, 1.82) is 0 Å². The molecule has 0 spiro atoms. The Hall–Kier alpha value is -2.91. The Morgan fingerprint density at radius 1 is 1.21 bits per heavy atom. The van der Waals surface area contributed by atoms with E-state index in [0.717, 1.165) is 27.5 Å². The van der Waals surface area contributed by atoms with E-state index in [9.17, 15) is 0 Å². The van der Waals surface area contributed by atoms with Gasteiger partial charge in [-0.15, -0.1) is 11.3 Å². The summed E-state index contributed by atoms with van der Waals surface area (Å²) >= 11 is 1.59. The minimum absolute atomic E-state index is 0.165. The number of methoxy groups -OCH3 is 1. The fraction of sp³-hybridized carbons (Fsp3) is 0.167. The maximum atomic E-state index is 7.81. The van der Waals surface area contributed by atoms with E-state index in [4.69, 9.17) is 11.3 Å². The average Bonchev–Trinajstić information content (AvgIpc) is 3.31. The SMILES string of the molecule is [C-]#[N+]C1C(c2cccs2)=Nc2[nH]ncc2C1c1ccccc1OC. The van der Waals surface area contributed by atoms with Gasteiger partial charge < -0.3 is 9.58 Å². The van der Waals surface area contributed by atoms with Gasteiger partial charge >= 0.3 is 0 Å². The molecule has 118 valence electrons. The largest absolute Gasteiger partial charge is 0.496 e. The molecule has 2 aromatic heterocycles. The molecule has 1 aliphatic heterocycles. The number of ether oxygens (including phenoxy) is 1. The number of para-hydroxylation sites is 1. The number of H-pyrrole nitrogens is 1. The van der Waals surface area contributed by atoms with Crippen molar-refractivity contribution in [3.05, 3.63) is 75.4 Å². The molecule has 0 amide bonds. The minimum Gasteiger partial charge on any atom is -0.496 e. The fourth-order valence-corrected chi connectivity index (χ4v) is 3.89. The number of nitrogens with one attached hydrogen (secondary N) is 1. The zero-order valence-electron chi connectivity index (χ0n) is 12.9. The van der Waals surface area contributed by atoms with Gasteiger partial charge in [-0.25, -0.2) is 11.6 Å². The highest BCUT2D eigenvalue weighted by Crippen LogP contribution is 2.43. The van der Waals surface area contributed by atoms with E-state index in [1.807, 2.05) is 41.8 Å². The first-order chi connectivity index (χ1) is 11.8. The third-order valence-corrected chi connectivity index (χ3v) is 5.09. The van der Waals surface area contributed by atoms with Crippen LogP contribution in [0.4, 0.5) is 5.82 Å². The highest BCUT2D eigenvalue weighted by Gasteiger charge is 2.42. The number of hydrogen-bond donors (Lipinski definition) is 1. The fourth-order valence-electron chi connectivity index (χ4n) is 3.14. The summed E-state index contributed by atoms with van der Waals surface area (Å²) in [5, 5.41) is 9.10. The van der Waals surface area contributed by atoms with Gasteiger partial charge in [0, 0.05) is 11.1 Å². The summed E-state index contributed by atoms with van der Waals surface area (Å²) in [6.45, 7) is 7.81. The van der Waals surface area contributed by atoms with Crippen LogP contribution >= 0.6 is 11.3 Å². The first-order valence-corrected chi connectivity index (χ1v) is 8.36. The summed E-state index contributed by atoms with van der Waals surface area (Å²) in [4.78, 5) is 9.62. The van der Waals surface area contributed by atoms with Crippen LogP contribution in [0.1, 0.15) is 21.9 Å². The first-order valence-electron chi connectivity index (χ1n) is 7.48. The van der Waals surface area contributed by atoms with Crippen LogP contribution in [0.3, 0.4) is 0 Å². The van der Waals surface area contributed by atoms with E-state index in [2.05, 4.69) is 20.0 Å². The highest BCUT2D eigenvalue weighted by atomic mass is 32.1. The predicted molar refractivity (Wildman–Crippen MR) is 94.3 cm³/mol. The molecule has 0 bridgehead atoms. The topological polar surface area (TPSA) is 54.6 Å². The molecule has 6 heteroatoms. The maximum Gasteiger partial charge on any atom is 0.277 e. The van der Waals surface area contributed by atoms with Crippen molar-refractivity contribution in [3.63, 3.8) is 0 Å². The molecule has 5 nitrogen and oxygen atoms in total. The van der Waals surface area contributed by atoms with Crippen molar-refractivity contribution < 1.29 is 4.74 Å². The van der Waals surface area contributed by atoms with E-state index in [0.29, 0.717) is 5.82 Å². The molecular weight excluding hydrogens is 320 g/mol. The Morgan fingerprint density at radius 2 is 2.08 bits per heavy atom. The van der Waals surface area contributed by atoms with Crippen molar-refractivity contribution in [2.45, 2.75) is 12.0 Å². The van der Waals surface area contributed by atoms with E-state index in [-0.39, 0.29) is 5.92 Å². The lowest BCUT2D eigenvalue weighted by atomic mass is 9.81. The number of benzene rings is 1. The van der Waals surface area contributed by atoms with Crippen molar-refractivity contribution in [3.8, 4) is 5.75 Å². The highest BCUT2D eigenvalue weighted by molar-refractivity contribution is 7.12. The van der Waals surface area contributed by atoms with Gasteiger partial charge in [-0.3, -0.25) is 5.10 Å². The molecule has 0 fully saturated rings. The number of aromatic nitrogens is 2. The van der Waals surface area contributed by atoms with Gasteiger partial charge in [0.25, 0.3) is 6.04 Å². The predicted octanol–water partition coefficient (Wildman–Crippen LogP) is 4.03. The third kappa shape index (κ3) is 2.22. The lowest BCUT2D eigenvalue weighted by molar-refractivity contribution is 0.407. The monoisotopic (exact) mass is 334 g/mol. The Bertz CT molecular complexity index is 936. The average molecular weight is 334 g/mol. The second kappa shape index (κ2) is 5.95. The van der Waals surface area contributed by atoms with Crippen molar-refractivity contribution in [2.24, 2.45) is 4.99 Å². The number of aliphatic imine (C=N–C) groups is 1. The summed E-state index contributed by atoms with van der Waals surface area (Å²) in [5.41, 5.74) is 2.70. The molecule has 3 heterocycles. The molecule has 1 aliphatic rings. The molecule has 0 saturated carbocycles. The molecule has 24 heavy (non-hydrogen) atoms. The van der Waals surface area contributed by atoms with Gasteiger partial charge in [-0.2, -0.15) is 5.10 Å². The maximum absolute atomic E-state index is 7.81. The van der Waals surface area contributed by atoms with E-state index in [1.165, 1.54) is 0 Å². The van der Waals surface area contributed by atoms with Gasteiger partial charge in [-0.1, -0.05) is 24.3 Å². The number of fused-ring (bicyclic) bond motifs is 1. The lowest BCUT2D eigenvalue weighted by Gasteiger charge is -2.24. The summed E-state index contributed by atoms with van der Waals surface area (Å²) in [6, 6.07) is 11.4. The molecule has 0 aliphatic carbocycles. The summed E-state index contributed by atoms with van der Waals surface area (Å²) in [5.74, 6) is 1.33. The zero-order chi connectivity index (χ0) is 16.5. The molecule has 3 aromatic rings. The number of thiophene rings is 1. The van der Waals surface area contributed by atoms with Crippen LogP contribution < -0.4 is 4.74 Å². The molecule has 1 N–H and O–H groups in total. The molecule has 1 aromatic carbocycles. The molecule has 0 radical (unpaired) electrons. The molecule has 0 saturated heterocycles. The number of rotatable bonds is 3. The zero-order valence-corrected chi connectivity index (χ0v) is 13.7. The lowest BCUT2D eigenvalue weighted by Crippen LogP contribution is -2.29. The van der Waals surface area contributed by atoms with Gasteiger partial charge in [0.1, 0.15) is 11.5 Å². The molecular formula is C18H14N4OS. The van der Waals surface area contributed by atoms with Gasteiger partial charge in [-0.05, 0) is 17.5 Å². The third-order valence-electron chi connectivity index (χ3n) is 4.20. The Kier molecular flexibility index (Phi) is 3.63. The standard InChI is InChI=1S/C18H14N4OS/c1-19-17-15(11-6-3-4-7-13(11)23-2)12-10-20-22-18(12)21-16(17)14-8-5-9-24-14/h3-10,15,17H,2H3,(H,20,22). The number of aromatic amines is 1. The molecule has 2 atom stereocenters.